The van der Waals surface area contributed by atoms with E-state index in [1.54, 1.807) is 7.11 Å². The summed E-state index contributed by atoms with van der Waals surface area (Å²) in [5.74, 6) is 1.74. The number of hydrogen-bond acceptors (Lipinski definition) is 4. The fourth-order valence-corrected chi connectivity index (χ4v) is 3.28. The van der Waals surface area contributed by atoms with Gasteiger partial charge in [0.25, 0.3) is 0 Å². The molecular weight excluding hydrogens is 342 g/mol. The molecule has 2 N–H and O–H groups in total. The maximum atomic E-state index is 12.5. The molecule has 140 valence electrons. The van der Waals surface area contributed by atoms with Gasteiger partial charge in [-0.2, -0.15) is 0 Å². The van der Waals surface area contributed by atoms with Gasteiger partial charge in [0.15, 0.2) is 0 Å². The second-order valence-electron chi connectivity index (χ2n) is 6.62. The van der Waals surface area contributed by atoms with Crippen LogP contribution in [0.4, 0.5) is 10.5 Å². The number of aromatic amines is 1. The molecule has 0 atom stereocenters. The molecular formula is C20H23N5O2. The van der Waals surface area contributed by atoms with Crippen LogP contribution in [-0.4, -0.2) is 59.1 Å². The molecule has 7 heteroatoms. The average Bonchev–Trinajstić information content (AvgIpc) is 3.11. The zero-order valence-electron chi connectivity index (χ0n) is 15.3. The smallest absolute Gasteiger partial charge is 0.321 e. The van der Waals surface area contributed by atoms with Crippen molar-refractivity contribution in [3.8, 4) is 5.75 Å². The fraction of sp³-hybridized carbons (Fsp3) is 0.300. The summed E-state index contributed by atoms with van der Waals surface area (Å²) in [6.45, 7) is 3.81. The molecule has 0 bridgehead atoms. The van der Waals surface area contributed by atoms with Crippen molar-refractivity contribution < 1.29 is 9.53 Å². The van der Waals surface area contributed by atoms with Crippen molar-refractivity contribution in [2.45, 2.75) is 6.54 Å². The lowest BCUT2D eigenvalue weighted by atomic mass is 10.3. The molecule has 3 aromatic rings. The maximum Gasteiger partial charge on any atom is 0.321 e. The van der Waals surface area contributed by atoms with Crippen molar-refractivity contribution in [2.75, 3.05) is 38.6 Å². The Balaban J connectivity index is 1.29. The number of imidazole rings is 1. The van der Waals surface area contributed by atoms with Crippen LogP contribution in [0.1, 0.15) is 5.82 Å². The average molecular weight is 365 g/mol. The number of rotatable bonds is 4. The Labute approximate surface area is 157 Å². The van der Waals surface area contributed by atoms with Crippen LogP contribution in [0.2, 0.25) is 0 Å². The summed E-state index contributed by atoms with van der Waals surface area (Å²) in [5.41, 5.74) is 2.82. The Morgan fingerprint density at radius 2 is 1.85 bits per heavy atom. The van der Waals surface area contributed by atoms with E-state index in [1.165, 1.54) is 0 Å². The number of hydrogen-bond donors (Lipinski definition) is 2. The van der Waals surface area contributed by atoms with Crippen LogP contribution in [0, 0.1) is 0 Å². The highest BCUT2D eigenvalue weighted by atomic mass is 16.5. The lowest BCUT2D eigenvalue weighted by Crippen LogP contribution is -2.49. The van der Waals surface area contributed by atoms with Gasteiger partial charge in [-0.1, -0.05) is 12.1 Å². The summed E-state index contributed by atoms with van der Waals surface area (Å²) < 4.78 is 5.13. The lowest BCUT2D eigenvalue weighted by molar-refractivity contribution is 0.141. The highest BCUT2D eigenvalue weighted by molar-refractivity contribution is 5.89. The van der Waals surface area contributed by atoms with Crippen LogP contribution in [0.15, 0.2) is 48.5 Å². The first-order chi connectivity index (χ1) is 13.2. The van der Waals surface area contributed by atoms with Crippen molar-refractivity contribution in [1.82, 2.24) is 19.8 Å². The van der Waals surface area contributed by atoms with E-state index in [2.05, 4.69) is 20.2 Å². The van der Waals surface area contributed by atoms with Gasteiger partial charge in [0.05, 0.1) is 24.7 Å². The predicted molar refractivity (Wildman–Crippen MR) is 105 cm³/mol. The number of carbonyl (C=O) groups is 1. The summed E-state index contributed by atoms with van der Waals surface area (Å²) in [6.07, 6.45) is 0. The number of nitrogens with one attached hydrogen (secondary N) is 2. The molecule has 2 amide bonds. The maximum absolute atomic E-state index is 12.5. The Morgan fingerprint density at radius 3 is 2.56 bits per heavy atom. The van der Waals surface area contributed by atoms with Gasteiger partial charge in [-0.3, -0.25) is 4.90 Å². The summed E-state index contributed by atoms with van der Waals surface area (Å²) in [5, 5.41) is 2.94. The van der Waals surface area contributed by atoms with Gasteiger partial charge >= 0.3 is 6.03 Å². The number of H-pyrrole nitrogens is 1. The van der Waals surface area contributed by atoms with E-state index in [4.69, 9.17) is 4.74 Å². The second-order valence-corrected chi connectivity index (χ2v) is 6.62. The van der Waals surface area contributed by atoms with E-state index in [0.29, 0.717) is 13.1 Å². The van der Waals surface area contributed by atoms with E-state index in [0.717, 1.165) is 47.9 Å². The van der Waals surface area contributed by atoms with Gasteiger partial charge in [-0.25, -0.2) is 9.78 Å². The highest BCUT2D eigenvalue weighted by Gasteiger charge is 2.22. The topological polar surface area (TPSA) is 73.5 Å². The molecule has 0 saturated carbocycles. The predicted octanol–water partition coefficient (Wildman–Crippen LogP) is 2.92. The number of methoxy groups -OCH3 is 1. The molecule has 4 rings (SSSR count). The number of para-hydroxylation sites is 2. The SMILES string of the molecule is COc1ccc(NC(=O)N2CCN(Cc3nc4ccccc4[nH]3)CC2)cc1. The molecule has 0 aliphatic carbocycles. The lowest BCUT2D eigenvalue weighted by Gasteiger charge is -2.34. The number of aromatic nitrogens is 2. The van der Waals surface area contributed by atoms with Crippen LogP contribution < -0.4 is 10.1 Å². The molecule has 1 fully saturated rings. The number of fused-ring (bicyclic) bond motifs is 1. The molecule has 27 heavy (non-hydrogen) atoms. The molecule has 2 heterocycles. The summed E-state index contributed by atoms with van der Waals surface area (Å²) in [6, 6.07) is 15.3. The summed E-state index contributed by atoms with van der Waals surface area (Å²) in [7, 11) is 1.62. The van der Waals surface area contributed by atoms with Crippen molar-refractivity contribution >= 4 is 22.8 Å². The number of amides is 2. The van der Waals surface area contributed by atoms with Crippen LogP contribution in [0.3, 0.4) is 0 Å². The van der Waals surface area contributed by atoms with Crippen LogP contribution in [0.25, 0.3) is 11.0 Å². The number of ether oxygens (including phenoxy) is 1. The van der Waals surface area contributed by atoms with Crippen LogP contribution in [0.5, 0.6) is 5.75 Å². The molecule has 1 aliphatic rings. The Bertz CT molecular complexity index is 881. The van der Waals surface area contributed by atoms with Gasteiger partial charge in [0.1, 0.15) is 11.6 Å². The number of nitrogens with zero attached hydrogens (tertiary/aromatic N) is 3. The van der Waals surface area contributed by atoms with E-state index in [9.17, 15) is 4.79 Å². The van der Waals surface area contributed by atoms with Gasteiger partial charge in [-0.05, 0) is 36.4 Å². The van der Waals surface area contributed by atoms with E-state index in [1.807, 2.05) is 53.4 Å². The van der Waals surface area contributed by atoms with Crippen molar-refractivity contribution in [2.24, 2.45) is 0 Å². The molecule has 7 nitrogen and oxygen atoms in total. The third-order valence-electron chi connectivity index (χ3n) is 4.81. The Kier molecular flexibility index (Phi) is 4.93. The summed E-state index contributed by atoms with van der Waals surface area (Å²) in [4.78, 5) is 24.6. The first-order valence-corrected chi connectivity index (χ1v) is 9.07. The third-order valence-corrected chi connectivity index (χ3v) is 4.81. The van der Waals surface area contributed by atoms with Crippen molar-refractivity contribution in [3.05, 3.63) is 54.4 Å². The minimum absolute atomic E-state index is 0.0662. The Morgan fingerprint density at radius 1 is 1.11 bits per heavy atom. The van der Waals surface area contributed by atoms with Crippen LogP contribution in [-0.2, 0) is 6.54 Å². The van der Waals surface area contributed by atoms with Crippen molar-refractivity contribution in [1.29, 1.82) is 0 Å². The molecule has 1 aliphatic heterocycles. The van der Waals surface area contributed by atoms with E-state index < -0.39 is 0 Å². The normalized spacial score (nSPS) is 15.1. The van der Waals surface area contributed by atoms with Gasteiger partial charge in [-0.15, -0.1) is 0 Å². The molecule has 1 saturated heterocycles. The standard InChI is InChI=1S/C20H23N5O2/c1-27-16-8-6-15(7-9-16)21-20(26)25-12-10-24(11-13-25)14-19-22-17-4-2-3-5-18(17)23-19/h2-9H,10-14H2,1H3,(H,21,26)(H,22,23). The molecule has 2 aromatic carbocycles. The minimum Gasteiger partial charge on any atom is -0.497 e. The van der Waals surface area contributed by atoms with E-state index >= 15 is 0 Å². The van der Waals surface area contributed by atoms with Gasteiger partial charge in [0.2, 0.25) is 0 Å². The zero-order valence-corrected chi connectivity index (χ0v) is 15.3. The fourth-order valence-electron chi connectivity index (χ4n) is 3.28. The van der Waals surface area contributed by atoms with Gasteiger partial charge < -0.3 is 19.9 Å². The largest absolute Gasteiger partial charge is 0.497 e. The van der Waals surface area contributed by atoms with E-state index in [-0.39, 0.29) is 6.03 Å². The molecule has 0 spiro atoms. The zero-order chi connectivity index (χ0) is 18.6. The summed E-state index contributed by atoms with van der Waals surface area (Å²) >= 11 is 0. The number of anilines is 1. The molecule has 1 aromatic heterocycles. The quantitative estimate of drug-likeness (QED) is 0.746. The minimum atomic E-state index is -0.0662. The first kappa shape index (κ1) is 17.4. The third kappa shape index (κ3) is 4.03. The Hall–Kier alpha value is -3.06. The number of benzene rings is 2. The number of piperazine rings is 1. The molecule has 0 radical (unpaired) electrons. The van der Waals surface area contributed by atoms with Gasteiger partial charge in [0, 0.05) is 31.9 Å². The number of carbonyl (C=O) groups excluding carboxylic acids is 1. The first-order valence-electron chi connectivity index (χ1n) is 9.07. The van der Waals surface area contributed by atoms with Crippen molar-refractivity contribution in [3.63, 3.8) is 0 Å². The van der Waals surface area contributed by atoms with Crippen LogP contribution >= 0.6 is 0 Å². The number of urea groups is 1. The second kappa shape index (κ2) is 7.67. The monoisotopic (exact) mass is 365 g/mol. The molecule has 0 unspecified atom stereocenters. The highest BCUT2D eigenvalue weighted by Crippen LogP contribution is 2.16.